The van der Waals surface area contributed by atoms with Crippen LogP contribution in [-0.2, 0) is 62.1 Å². The molecule has 10 N–H and O–H groups in total. The summed E-state index contributed by atoms with van der Waals surface area (Å²) < 4.78 is 21.2. The van der Waals surface area contributed by atoms with E-state index in [0.29, 0.717) is 13.0 Å². The van der Waals surface area contributed by atoms with Gasteiger partial charge in [0.2, 0.25) is 35.4 Å². The van der Waals surface area contributed by atoms with Crippen molar-refractivity contribution in [1.29, 1.82) is 0 Å². The van der Waals surface area contributed by atoms with Crippen LogP contribution < -0.4 is 31.9 Å². The summed E-state index contributed by atoms with van der Waals surface area (Å²) in [6.07, 6.45) is 23.0. The monoisotopic (exact) mass is 1090 g/mol. The highest BCUT2D eigenvalue weighted by atomic mass is 16.5. The molecular formula is C53H98N6O17. The molecule has 0 heterocycles. The van der Waals surface area contributed by atoms with Crippen LogP contribution in [0.4, 0.5) is 0 Å². The van der Waals surface area contributed by atoms with Gasteiger partial charge in [0.25, 0.3) is 0 Å². The molecule has 0 spiro atoms. The van der Waals surface area contributed by atoms with Crippen molar-refractivity contribution in [3.8, 4) is 0 Å². The number of ether oxygens (including phenoxy) is 4. The van der Waals surface area contributed by atoms with Crippen LogP contribution in [0.25, 0.3) is 0 Å². The van der Waals surface area contributed by atoms with Crippen LogP contribution in [0.5, 0.6) is 0 Å². The van der Waals surface area contributed by atoms with E-state index < -0.39 is 66.8 Å². The number of carboxylic acids is 3. The molecule has 0 unspecified atom stereocenters. The maximum Gasteiger partial charge on any atom is 0.326 e. The fraction of sp³-hybridized carbons (Fsp3) is 0.830. The minimum atomic E-state index is -1.44. The molecule has 0 aromatic carbocycles. The van der Waals surface area contributed by atoms with Crippen LogP contribution >= 0.6 is 0 Å². The number of aliphatic hydroxyl groups is 1. The molecule has 6 amide bonds. The second-order valence-corrected chi connectivity index (χ2v) is 18.5. The van der Waals surface area contributed by atoms with Gasteiger partial charge in [-0.25, -0.2) is 14.4 Å². The van der Waals surface area contributed by atoms with Gasteiger partial charge in [0.15, 0.2) is 0 Å². The van der Waals surface area contributed by atoms with Gasteiger partial charge in [-0.05, 0) is 32.1 Å². The highest BCUT2D eigenvalue weighted by Gasteiger charge is 2.25. The molecule has 0 saturated carbocycles. The van der Waals surface area contributed by atoms with E-state index in [-0.39, 0.29) is 116 Å². The van der Waals surface area contributed by atoms with E-state index in [4.69, 9.17) is 24.1 Å². The summed E-state index contributed by atoms with van der Waals surface area (Å²) in [7, 11) is 1.00. The lowest BCUT2D eigenvalue weighted by atomic mass is 10.0. The van der Waals surface area contributed by atoms with Crippen molar-refractivity contribution in [3.05, 3.63) is 0 Å². The number of hydrogen-bond acceptors (Lipinski definition) is 14. The van der Waals surface area contributed by atoms with Crippen molar-refractivity contribution in [2.24, 2.45) is 0 Å². The molecule has 23 nitrogen and oxygen atoms in total. The molecule has 0 rings (SSSR count). The van der Waals surface area contributed by atoms with Gasteiger partial charge in [0.05, 0.1) is 39.6 Å². The number of carbonyl (C=O) groups excluding carboxylic acids is 6. The Morgan fingerprint density at radius 3 is 1.04 bits per heavy atom. The van der Waals surface area contributed by atoms with Gasteiger partial charge in [-0.2, -0.15) is 0 Å². The van der Waals surface area contributed by atoms with E-state index in [9.17, 15) is 58.5 Å². The number of rotatable bonds is 53. The minimum Gasteiger partial charge on any atom is -0.480 e. The van der Waals surface area contributed by atoms with E-state index in [0.717, 1.165) is 45.6 Å². The average Bonchev–Trinajstić information content (AvgIpc) is 3.39. The van der Waals surface area contributed by atoms with Gasteiger partial charge in [-0.1, -0.05) is 129 Å². The third-order valence-corrected chi connectivity index (χ3v) is 11.8. The topological polar surface area (TPSA) is 344 Å². The van der Waals surface area contributed by atoms with Crippen LogP contribution in [0, 0.1) is 0 Å². The van der Waals surface area contributed by atoms with Gasteiger partial charge in [-0.3, -0.25) is 28.8 Å². The lowest BCUT2D eigenvalue weighted by Crippen LogP contribution is -2.45. The van der Waals surface area contributed by atoms with Gasteiger partial charge in [0, 0.05) is 52.4 Å². The van der Waals surface area contributed by atoms with Crippen molar-refractivity contribution in [1.82, 2.24) is 31.9 Å². The van der Waals surface area contributed by atoms with E-state index in [2.05, 4.69) is 38.8 Å². The highest BCUT2D eigenvalue weighted by molar-refractivity contribution is 5.87. The van der Waals surface area contributed by atoms with Gasteiger partial charge >= 0.3 is 17.9 Å². The summed E-state index contributed by atoms with van der Waals surface area (Å²) >= 11 is 0. The van der Waals surface area contributed by atoms with E-state index in [1.54, 1.807) is 0 Å². The summed E-state index contributed by atoms with van der Waals surface area (Å²) in [6, 6.07) is -3.94. The Bertz CT molecular complexity index is 1560. The number of amides is 6. The fourth-order valence-corrected chi connectivity index (χ4v) is 7.50. The lowest BCUT2D eigenvalue weighted by molar-refractivity contribution is -0.144. The lowest BCUT2D eigenvalue weighted by Gasteiger charge is -2.17. The molecule has 23 heteroatoms. The first kappa shape index (κ1) is 73.1. The smallest absolute Gasteiger partial charge is 0.326 e. The Kier molecular flexibility index (Phi) is 51.4. The largest absolute Gasteiger partial charge is 0.480 e. The van der Waals surface area contributed by atoms with Crippen LogP contribution in [0.15, 0.2) is 0 Å². The molecule has 3 atom stereocenters. The Labute approximate surface area is 451 Å². The van der Waals surface area contributed by atoms with E-state index >= 15 is 0 Å². The predicted molar refractivity (Wildman–Crippen MR) is 285 cm³/mol. The Balaban J connectivity index is 0. The second kappa shape index (κ2) is 53.4. The maximum atomic E-state index is 12.4. The van der Waals surface area contributed by atoms with Crippen LogP contribution in [0.1, 0.15) is 187 Å². The number of carbonyl (C=O) groups is 9. The van der Waals surface area contributed by atoms with Crippen molar-refractivity contribution in [2.75, 3.05) is 79.6 Å². The van der Waals surface area contributed by atoms with Crippen molar-refractivity contribution >= 4 is 53.4 Å². The number of aliphatic carboxylic acids is 3. The first-order chi connectivity index (χ1) is 36.7. The van der Waals surface area contributed by atoms with Gasteiger partial charge < -0.3 is 71.3 Å². The zero-order valence-corrected chi connectivity index (χ0v) is 46.2. The zero-order valence-electron chi connectivity index (χ0n) is 46.2. The molecule has 0 aliphatic carbocycles. The Morgan fingerprint density at radius 1 is 0.329 bits per heavy atom. The standard InChI is InChI=1S/C52H94N6O16.CH4O/c1-3-5-7-8-9-10-11-12-13-14-15-16-17-18-19-20-21-23-46(61)56-41(50(65)66)25-28-45(60)54-31-33-71-35-37-73-39-48(63)55-32-34-72-36-38-74-40-49(64)58-43(52(69)70)26-29-47(62)57-42(51(67)68)24-27-44(59)53-30-22-6-4-2;1-2/h41-43H,3-40H2,1-2H3,(H,53,59)(H,54,60)(H,55,63)(H,56,61)(H,57,62)(H,58,64)(H,65,66)(H,67,68)(H,69,70);2H,1H3/t41-,42-,43-;/m0./s1. The van der Waals surface area contributed by atoms with Gasteiger partial charge in [0.1, 0.15) is 31.3 Å². The first-order valence-electron chi connectivity index (χ1n) is 27.8. The van der Waals surface area contributed by atoms with E-state index in [1.807, 2.05) is 6.92 Å². The van der Waals surface area contributed by atoms with Crippen molar-refractivity contribution in [3.63, 3.8) is 0 Å². The molecule has 0 aliphatic rings. The van der Waals surface area contributed by atoms with Crippen LogP contribution in [-0.4, -0.2) is 172 Å². The zero-order chi connectivity index (χ0) is 56.9. The molecule has 0 radical (unpaired) electrons. The molecule has 0 aliphatic heterocycles. The number of hydrogen-bond donors (Lipinski definition) is 10. The third kappa shape index (κ3) is 48.7. The van der Waals surface area contributed by atoms with Crippen molar-refractivity contribution < 1.29 is 82.5 Å². The van der Waals surface area contributed by atoms with E-state index in [1.165, 1.54) is 83.5 Å². The molecule has 442 valence electrons. The highest BCUT2D eigenvalue weighted by Crippen LogP contribution is 2.15. The first-order valence-corrected chi connectivity index (χ1v) is 27.8. The van der Waals surface area contributed by atoms with Crippen LogP contribution in [0.3, 0.4) is 0 Å². The summed E-state index contributed by atoms with van der Waals surface area (Å²) in [5, 5.41) is 50.5. The third-order valence-electron chi connectivity index (χ3n) is 11.8. The predicted octanol–water partition coefficient (Wildman–Crippen LogP) is 4.29. The summed E-state index contributed by atoms with van der Waals surface area (Å²) in [4.78, 5) is 108. The summed E-state index contributed by atoms with van der Waals surface area (Å²) in [6.45, 7) is 4.95. The minimum absolute atomic E-state index is 0.0217. The number of unbranched alkanes of at least 4 members (excludes halogenated alkanes) is 18. The second-order valence-electron chi connectivity index (χ2n) is 18.5. The average molecular weight is 1090 g/mol. The molecule has 0 aromatic heterocycles. The normalized spacial score (nSPS) is 12.0. The molecule has 76 heavy (non-hydrogen) atoms. The van der Waals surface area contributed by atoms with Crippen LogP contribution in [0.2, 0.25) is 0 Å². The number of carboxylic acid groups (broad SMARTS) is 3. The molecule has 0 bridgehead atoms. The SMILES string of the molecule is CCCCCCCCCCCCCCCCCCCC(=O)N[C@@H](CCC(=O)NCCOCCOCC(=O)NCCOCCOCC(=O)N[C@@H](CCC(=O)N[C@@H](CCC(=O)NCCCCC)C(=O)O)C(=O)O)C(=O)O.CO. The Hall–Kier alpha value is -4.97. The van der Waals surface area contributed by atoms with Crippen molar-refractivity contribution in [2.45, 2.75) is 205 Å². The molecule has 0 saturated heterocycles. The fourth-order valence-electron chi connectivity index (χ4n) is 7.50. The molecule has 0 fully saturated rings. The maximum absolute atomic E-state index is 12.4. The molecule has 0 aromatic rings. The quantitative estimate of drug-likeness (QED) is 0.0380. The summed E-state index contributed by atoms with van der Waals surface area (Å²) in [5.41, 5.74) is 0. The summed E-state index contributed by atoms with van der Waals surface area (Å²) in [5.74, 6) is -6.88. The van der Waals surface area contributed by atoms with Gasteiger partial charge in [-0.15, -0.1) is 0 Å². The number of aliphatic hydroxyl groups excluding tert-OH is 1. The Morgan fingerprint density at radius 2 is 0.632 bits per heavy atom. The molecular weight excluding hydrogens is 993 g/mol. The number of nitrogens with one attached hydrogen (secondary N) is 6.